The first-order valence-electron chi connectivity index (χ1n) is 9.14. The van der Waals surface area contributed by atoms with Crippen LogP contribution in [0.15, 0.2) is 24.5 Å². The van der Waals surface area contributed by atoms with Crippen molar-refractivity contribution in [3.8, 4) is 0 Å². The molecule has 1 aromatic rings. The molecule has 1 unspecified atom stereocenters. The zero-order chi connectivity index (χ0) is 16.8. The second-order valence-electron chi connectivity index (χ2n) is 7.19. The largest absolute Gasteiger partial charge is 0.352 e. The summed E-state index contributed by atoms with van der Waals surface area (Å²) in [6.45, 7) is 2.10. The Kier molecular flexibility index (Phi) is 5.83. The zero-order valence-corrected chi connectivity index (χ0v) is 14.2. The van der Waals surface area contributed by atoms with E-state index in [1.54, 1.807) is 12.4 Å². The lowest BCUT2D eigenvalue weighted by molar-refractivity contribution is -0.131. The summed E-state index contributed by atoms with van der Waals surface area (Å²) in [5.41, 5.74) is 1.05. The number of pyridine rings is 1. The molecule has 0 radical (unpaired) electrons. The van der Waals surface area contributed by atoms with Crippen molar-refractivity contribution in [2.75, 3.05) is 13.1 Å². The molecule has 1 aromatic heterocycles. The summed E-state index contributed by atoms with van der Waals surface area (Å²) in [6, 6.07) is 3.80. The minimum atomic E-state index is 0.0712. The molecule has 5 nitrogen and oxygen atoms in total. The first-order chi connectivity index (χ1) is 11.7. The van der Waals surface area contributed by atoms with E-state index in [0.717, 1.165) is 25.1 Å². The second kappa shape index (κ2) is 8.27. The fraction of sp³-hybridized carbons (Fsp3) is 0.632. The Hall–Kier alpha value is -1.91. The van der Waals surface area contributed by atoms with Gasteiger partial charge in [-0.15, -0.1) is 0 Å². The maximum absolute atomic E-state index is 12.4. The van der Waals surface area contributed by atoms with Crippen molar-refractivity contribution in [1.29, 1.82) is 0 Å². The number of carbonyl (C=O) groups excluding carboxylic acids is 2. The van der Waals surface area contributed by atoms with Crippen molar-refractivity contribution in [3.63, 3.8) is 0 Å². The number of hydrogen-bond acceptors (Lipinski definition) is 3. The third-order valence-electron chi connectivity index (χ3n) is 5.29. The smallest absolute Gasteiger partial charge is 0.222 e. The highest BCUT2D eigenvalue weighted by molar-refractivity contribution is 5.78. The molecule has 0 bridgehead atoms. The van der Waals surface area contributed by atoms with E-state index >= 15 is 0 Å². The third-order valence-corrected chi connectivity index (χ3v) is 5.29. The summed E-state index contributed by atoms with van der Waals surface area (Å²) < 4.78 is 0. The quantitative estimate of drug-likeness (QED) is 0.872. The van der Waals surface area contributed by atoms with Gasteiger partial charge >= 0.3 is 0 Å². The third kappa shape index (κ3) is 4.79. The lowest BCUT2D eigenvalue weighted by Crippen LogP contribution is -2.31. The molecule has 24 heavy (non-hydrogen) atoms. The molecule has 1 aliphatic carbocycles. The summed E-state index contributed by atoms with van der Waals surface area (Å²) in [5, 5.41) is 2.96. The molecule has 0 aromatic carbocycles. The molecule has 130 valence electrons. The summed E-state index contributed by atoms with van der Waals surface area (Å²) >= 11 is 0. The Balaban J connectivity index is 1.37. The molecule has 2 fully saturated rings. The number of likely N-dealkylation sites (tertiary alicyclic amines) is 1. The molecule has 5 heteroatoms. The van der Waals surface area contributed by atoms with Crippen molar-refractivity contribution in [1.82, 2.24) is 15.2 Å². The first-order valence-corrected chi connectivity index (χ1v) is 9.14. The Morgan fingerprint density at radius 3 is 2.58 bits per heavy atom. The Bertz CT molecular complexity index is 555. The number of carbonyl (C=O) groups is 2. The van der Waals surface area contributed by atoms with E-state index in [4.69, 9.17) is 0 Å². The normalized spacial score (nSPS) is 21.2. The molecular formula is C19H27N3O2. The van der Waals surface area contributed by atoms with Crippen molar-refractivity contribution >= 4 is 11.8 Å². The summed E-state index contributed by atoms with van der Waals surface area (Å²) in [6.07, 6.45) is 10.6. The van der Waals surface area contributed by atoms with Gasteiger partial charge in [-0.05, 0) is 48.8 Å². The topological polar surface area (TPSA) is 62.3 Å². The van der Waals surface area contributed by atoms with Gasteiger partial charge in [-0.3, -0.25) is 14.6 Å². The molecule has 2 aliphatic rings. The maximum atomic E-state index is 12.4. The van der Waals surface area contributed by atoms with Gasteiger partial charge in [-0.1, -0.05) is 12.8 Å². The van der Waals surface area contributed by atoms with Crippen LogP contribution in [0.25, 0.3) is 0 Å². The van der Waals surface area contributed by atoms with Gasteiger partial charge < -0.3 is 10.2 Å². The van der Waals surface area contributed by atoms with E-state index < -0.39 is 0 Å². The van der Waals surface area contributed by atoms with Crippen LogP contribution < -0.4 is 5.32 Å². The zero-order valence-electron chi connectivity index (χ0n) is 14.2. The van der Waals surface area contributed by atoms with Gasteiger partial charge in [0.15, 0.2) is 0 Å². The van der Waals surface area contributed by atoms with Crippen molar-refractivity contribution < 1.29 is 9.59 Å². The van der Waals surface area contributed by atoms with Gasteiger partial charge in [0.2, 0.25) is 11.8 Å². The lowest BCUT2D eigenvalue weighted by Gasteiger charge is -2.18. The average Bonchev–Trinajstić information content (AvgIpc) is 3.26. The van der Waals surface area contributed by atoms with E-state index in [-0.39, 0.29) is 5.91 Å². The van der Waals surface area contributed by atoms with Gasteiger partial charge in [0, 0.05) is 44.9 Å². The SMILES string of the molecule is O=C(CC1CCN(C(=O)CC2CCCC2)C1)NCc1ccncc1. The summed E-state index contributed by atoms with van der Waals surface area (Å²) in [4.78, 5) is 30.4. The molecule has 1 saturated carbocycles. The van der Waals surface area contributed by atoms with Gasteiger partial charge in [0.1, 0.15) is 0 Å². The van der Waals surface area contributed by atoms with Crippen LogP contribution >= 0.6 is 0 Å². The predicted octanol–water partition coefficient (Wildman–Crippen LogP) is 2.52. The van der Waals surface area contributed by atoms with E-state index in [1.807, 2.05) is 17.0 Å². The second-order valence-corrected chi connectivity index (χ2v) is 7.19. The molecule has 1 N–H and O–H groups in total. The molecule has 2 heterocycles. The van der Waals surface area contributed by atoms with Crippen LogP contribution in [-0.2, 0) is 16.1 Å². The molecular weight excluding hydrogens is 302 g/mol. The maximum Gasteiger partial charge on any atom is 0.222 e. The van der Waals surface area contributed by atoms with Crippen LogP contribution in [0, 0.1) is 11.8 Å². The van der Waals surface area contributed by atoms with Gasteiger partial charge in [0.05, 0.1) is 0 Å². The van der Waals surface area contributed by atoms with E-state index in [0.29, 0.717) is 37.1 Å². The van der Waals surface area contributed by atoms with E-state index in [2.05, 4.69) is 10.3 Å². The first kappa shape index (κ1) is 16.9. The van der Waals surface area contributed by atoms with Gasteiger partial charge in [0.25, 0.3) is 0 Å². The molecule has 1 aliphatic heterocycles. The van der Waals surface area contributed by atoms with E-state index in [1.165, 1.54) is 25.7 Å². The van der Waals surface area contributed by atoms with Crippen LogP contribution in [0.5, 0.6) is 0 Å². The highest BCUT2D eigenvalue weighted by Gasteiger charge is 2.29. The lowest BCUT2D eigenvalue weighted by atomic mass is 10.0. The van der Waals surface area contributed by atoms with Gasteiger partial charge in [-0.25, -0.2) is 0 Å². The molecule has 1 atom stereocenters. The van der Waals surface area contributed by atoms with Crippen LogP contribution in [-0.4, -0.2) is 34.8 Å². The fourth-order valence-corrected chi connectivity index (χ4v) is 3.85. The molecule has 2 amide bonds. The number of aromatic nitrogens is 1. The predicted molar refractivity (Wildman–Crippen MR) is 92.0 cm³/mol. The van der Waals surface area contributed by atoms with Crippen LogP contribution in [0.1, 0.15) is 50.5 Å². The number of rotatable bonds is 6. The summed E-state index contributed by atoms with van der Waals surface area (Å²) in [7, 11) is 0. The monoisotopic (exact) mass is 329 g/mol. The standard InChI is InChI=1S/C19H27N3O2/c23-18(21-13-16-5-8-20-9-6-16)11-17-7-10-22(14-17)19(24)12-15-3-1-2-4-15/h5-6,8-9,15,17H,1-4,7,10-14H2,(H,21,23). The Morgan fingerprint density at radius 2 is 1.83 bits per heavy atom. The highest BCUT2D eigenvalue weighted by Crippen LogP contribution is 2.29. The fourth-order valence-electron chi connectivity index (χ4n) is 3.85. The molecule has 0 spiro atoms. The van der Waals surface area contributed by atoms with Crippen molar-refractivity contribution in [2.45, 2.75) is 51.5 Å². The van der Waals surface area contributed by atoms with Crippen molar-refractivity contribution in [2.24, 2.45) is 11.8 Å². The van der Waals surface area contributed by atoms with Gasteiger partial charge in [-0.2, -0.15) is 0 Å². The van der Waals surface area contributed by atoms with E-state index in [9.17, 15) is 9.59 Å². The number of hydrogen-bond donors (Lipinski definition) is 1. The Labute approximate surface area is 143 Å². The number of amides is 2. The van der Waals surface area contributed by atoms with Crippen LogP contribution in [0.4, 0.5) is 0 Å². The van der Waals surface area contributed by atoms with Crippen LogP contribution in [0.2, 0.25) is 0 Å². The average molecular weight is 329 g/mol. The Morgan fingerprint density at radius 1 is 1.08 bits per heavy atom. The summed E-state index contributed by atoms with van der Waals surface area (Å²) in [5.74, 6) is 1.26. The minimum absolute atomic E-state index is 0.0712. The minimum Gasteiger partial charge on any atom is -0.352 e. The van der Waals surface area contributed by atoms with Crippen LogP contribution in [0.3, 0.4) is 0 Å². The molecule has 3 rings (SSSR count). The number of nitrogens with one attached hydrogen (secondary N) is 1. The molecule has 1 saturated heterocycles. The van der Waals surface area contributed by atoms with Crippen molar-refractivity contribution in [3.05, 3.63) is 30.1 Å². The number of nitrogens with zero attached hydrogens (tertiary/aromatic N) is 2. The highest BCUT2D eigenvalue weighted by atomic mass is 16.2.